The van der Waals surface area contributed by atoms with E-state index in [0.29, 0.717) is 29.4 Å². The minimum absolute atomic E-state index is 0.139. The number of rotatable bonds is 4. The van der Waals surface area contributed by atoms with E-state index in [4.69, 9.17) is 16.8 Å². The minimum Gasteiger partial charge on any atom is -0.374 e. The van der Waals surface area contributed by atoms with Crippen LogP contribution in [0.25, 0.3) is 0 Å². The second-order valence-electron chi connectivity index (χ2n) is 5.59. The van der Waals surface area contributed by atoms with E-state index in [0.717, 1.165) is 6.07 Å². The number of nitrogens with one attached hydrogen (secondary N) is 2. The molecule has 6 nitrogen and oxygen atoms in total. The smallest absolute Gasteiger partial charge is 0.277 e. The fourth-order valence-corrected chi connectivity index (χ4v) is 2.95. The number of hydrogen-bond donors (Lipinski definition) is 3. The van der Waals surface area contributed by atoms with Gasteiger partial charge in [0.1, 0.15) is 11.9 Å². The van der Waals surface area contributed by atoms with Gasteiger partial charge in [0, 0.05) is 22.9 Å². The van der Waals surface area contributed by atoms with Crippen molar-refractivity contribution in [3.8, 4) is 0 Å². The molecule has 130 valence electrons. The van der Waals surface area contributed by atoms with E-state index in [1.165, 1.54) is 17.6 Å². The highest BCUT2D eigenvalue weighted by Gasteiger charge is 2.32. The molecule has 25 heavy (non-hydrogen) atoms. The van der Waals surface area contributed by atoms with Gasteiger partial charge in [-0.05, 0) is 42.8 Å². The molecule has 3 rings (SSSR count). The molecule has 2 aromatic carbocycles. The molecule has 1 aliphatic heterocycles. The summed E-state index contributed by atoms with van der Waals surface area (Å²) in [6.45, 7) is 0.518. The summed E-state index contributed by atoms with van der Waals surface area (Å²) in [6, 6.07) is 10.3. The third-order valence-corrected chi connectivity index (χ3v) is 4.22. The molecule has 1 fully saturated rings. The number of hydroxylamine groups is 1. The normalized spacial score (nSPS) is 16.8. The van der Waals surface area contributed by atoms with Crippen LogP contribution in [0, 0.1) is 5.82 Å². The lowest BCUT2D eigenvalue weighted by Crippen LogP contribution is -2.33. The molecule has 3 N–H and O–H groups in total. The lowest BCUT2D eigenvalue weighted by molar-refractivity contribution is -0.117. The Morgan fingerprint density at radius 3 is 2.76 bits per heavy atom. The minimum atomic E-state index is -0.937. The molecule has 0 saturated carbocycles. The van der Waals surface area contributed by atoms with Crippen molar-refractivity contribution in [2.75, 3.05) is 16.8 Å². The molecule has 2 amide bonds. The highest BCUT2D eigenvalue weighted by molar-refractivity contribution is 6.31. The zero-order valence-electron chi connectivity index (χ0n) is 13.0. The third kappa shape index (κ3) is 3.57. The van der Waals surface area contributed by atoms with Gasteiger partial charge in [0.25, 0.3) is 5.91 Å². The lowest BCUT2D eigenvalue weighted by Gasteiger charge is -2.18. The molecular weight excluding hydrogens is 349 g/mol. The van der Waals surface area contributed by atoms with Gasteiger partial charge in [-0.3, -0.25) is 14.8 Å². The van der Waals surface area contributed by atoms with Crippen molar-refractivity contribution in [2.24, 2.45) is 0 Å². The molecule has 0 spiro atoms. The van der Waals surface area contributed by atoms with Gasteiger partial charge in [-0.15, -0.1) is 0 Å². The number of carbonyl (C=O) groups excluding carboxylic acids is 2. The predicted molar refractivity (Wildman–Crippen MR) is 91.5 cm³/mol. The van der Waals surface area contributed by atoms with E-state index in [9.17, 15) is 14.0 Å². The Labute approximate surface area is 148 Å². The van der Waals surface area contributed by atoms with Crippen LogP contribution in [0.4, 0.5) is 15.8 Å². The van der Waals surface area contributed by atoms with Crippen molar-refractivity contribution in [3.05, 3.63) is 58.9 Å². The van der Waals surface area contributed by atoms with Crippen LogP contribution >= 0.6 is 11.6 Å². The first-order valence-corrected chi connectivity index (χ1v) is 7.95. The first-order chi connectivity index (χ1) is 12.0. The molecule has 0 aliphatic carbocycles. The van der Waals surface area contributed by atoms with Gasteiger partial charge >= 0.3 is 0 Å². The summed E-state index contributed by atoms with van der Waals surface area (Å²) in [5.74, 6) is -1.87. The SMILES string of the molecule is O=C(NO)c1ccc(NC2CCN(c3cccc(Cl)c3)C2=O)cc1F. The van der Waals surface area contributed by atoms with Gasteiger partial charge in [0.15, 0.2) is 0 Å². The van der Waals surface area contributed by atoms with Crippen molar-refractivity contribution in [1.29, 1.82) is 0 Å². The zero-order valence-corrected chi connectivity index (χ0v) is 13.8. The first kappa shape index (κ1) is 17.2. The van der Waals surface area contributed by atoms with Crippen molar-refractivity contribution >= 4 is 34.8 Å². The number of nitrogens with zero attached hydrogens (tertiary/aromatic N) is 1. The molecule has 0 radical (unpaired) electrons. The molecular formula is C17H15ClFN3O3. The van der Waals surface area contributed by atoms with E-state index in [-0.39, 0.29) is 11.5 Å². The fourth-order valence-electron chi connectivity index (χ4n) is 2.76. The highest BCUT2D eigenvalue weighted by atomic mass is 35.5. The second-order valence-corrected chi connectivity index (χ2v) is 6.03. The molecule has 1 heterocycles. The van der Waals surface area contributed by atoms with Crippen LogP contribution in [0.15, 0.2) is 42.5 Å². The van der Waals surface area contributed by atoms with Crippen LogP contribution in [-0.2, 0) is 4.79 Å². The molecule has 2 aromatic rings. The molecule has 1 unspecified atom stereocenters. The Morgan fingerprint density at radius 1 is 1.28 bits per heavy atom. The Bertz CT molecular complexity index is 831. The summed E-state index contributed by atoms with van der Waals surface area (Å²) >= 11 is 5.96. The number of amides is 2. The Kier molecular flexibility index (Phi) is 4.87. The summed E-state index contributed by atoms with van der Waals surface area (Å²) in [4.78, 5) is 25.5. The van der Waals surface area contributed by atoms with Crippen molar-refractivity contribution in [3.63, 3.8) is 0 Å². The summed E-state index contributed by atoms with van der Waals surface area (Å²) in [7, 11) is 0. The molecule has 1 saturated heterocycles. The molecule has 0 bridgehead atoms. The van der Waals surface area contributed by atoms with Crippen molar-refractivity contribution < 1.29 is 19.2 Å². The van der Waals surface area contributed by atoms with Gasteiger partial charge in [-0.1, -0.05) is 17.7 Å². The molecule has 8 heteroatoms. The molecule has 0 aromatic heterocycles. The second kappa shape index (κ2) is 7.08. The standard InChI is InChI=1S/C17H15ClFN3O3/c18-10-2-1-3-12(8-10)22-7-6-15(17(22)24)20-11-4-5-13(14(19)9-11)16(23)21-25/h1-5,8-9,15,20,25H,6-7H2,(H,21,23). The maximum atomic E-state index is 13.9. The predicted octanol–water partition coefficient (Wildman–Crippen LogP) is 2.82. The zero-order chi connectivity index (χ0) is 18.0. The Balaban J connectivity index is 1.73. The van der Waals surface area contributed by atoms with Gasteiger partial charge in [0.05, 0.1) is 5.56 Å². The maximum absolute atomic E-state index is 13.9. The highest BCUT2D eigenvalue weighted by Crippen LogP contribution is 2.26. The largest absolute Gasteiger partial charge is 0.374 e. The van der Waals surface area contributed by atoms with Crippen molar-refractivity contribution in [2.45, 2.75) is 12.5 Å². The van der Waals surface area contributed by atoms with E-state index in [1.54, 1.807) is 29.2 Å². The number of halogens is 2. The topological polar surface area (TPSA) is 81.7 Å². The lowest BCUT2D eigenvalue weighted by atomic mass is 10.1. The molecule has 1 aliphatic rings. The summed E-state index contributed by atoms with van der Waals surface area (Å²) in [5, 5.41) is 12.1. The molecule has 1 atom stereocenters. The number of benzene rings is 2. The van der Waals surface area contributed by atoms with Gasteiger partial charge in [-0.25, -0.2) is 9.87 Å². The van der Waals surface area contributed by atoms with Crippen LogP contribution in [0.5, 0.6) is 0 Å². The summed E-state index contributed by atoms with van der Waals surface area (Å²) < 4.78 is 13.9. The summed E-state index contributed by atoms with van der Waals surface area (Å²) in [6.07, 6.45) is 0.547. The third-order valence-electron chi connectivity index (χ3n) is 3.98. The van der Waals surface area contributed by atoms with Crippen LogP contribution in [-0.4, -0.2) is 29.6 Å². The van der Waals surface area contributed by atoms with Crippen LogP contribution in [0.3, 0.4) is 0 Å². The monoisotopic (exact) mass is 363 g/mol. The van der Waals surface area contributed by atoms with Crippen LogP contribution in [0.1, 0.15) is 16.8 Å². The van der Waals surface area contributed by atoms with E-state index >= 15 is 0 Å². The van der Waals surface area contributed by atoms with Gasteiger partial charge < -0.3 is 10.2 Å². The van der Waals surface area contributed by atoms with Crippen LogP contribution < -0.4 is 15.7 Å². The Hall–Kier alpha value is -2.64. The van der Waals surface area contributed by atoms with E-state index in [1.807, 2.05) is 0 Å². The number of carbonyl (C=O) groups is 2. The van der Waals surface area contributed by atoms with E-state index < -0.39 is 17.8 Å². The number of anilines is 2. The summed E-state index contributed by atoms with van der Waals surface area (Å²) in [5.41, 5.74) is 2.18. The van der Waals surface area contributed by atoms with Crippen LogP contribution in [0.2, 0.25) is 5.02 Å². The van der Waals surface area contributed by atoms with Crippen molar-refractivity contribution in [1.82, 2.24) is 5.48 Å². The average molecular weight is 364 g/mol. The maximum Gasteiger partial charge on any atom is 0.277 e. The number of hydrogen-bond acceptors (Lipinski definition) is 4. The van der Waals surface area contributed by atoms with Gasteiger partial charge in [-0.2, -0.15) is 0 Å². The van der Waals surface area contributed by atoms with Gasteiger partial charge in [0.2, 0.25) is 5.91 Å². The first-order valence-electron chi connectivity index (χ1n) is 7.57. The average Bonchev–Trinajstić information content (AvgIpc) is 2.95. The van der Waals surface area contributed by atoms with E-state index in [2.05, 4.69) is 5.32 Å². The quantitative estimate of drug-likeness (QED) is 0.576. The Morgan fingerprint density at radius 2 is 2.08 bits per heavy atom. The fraction of sp³-hybridized carbons (Fsp3) is 0.176.